The molecule has 4 nitrogen and oxygen atoms in total. The highest BCUT2D eigenvalue weighted by molar-refractivity contribution is 5.77. The third-order valence-electron chi connectivity index (χ3n) is 4.08. The molecule has 1 aromatic carbocycles. The maximum atomic E-state index is 5.84. The number of nitrogens with one attached hydrogen (secondary N) is 1. The number of hydrogen-bond acceptors (Lipinski definition) is 2. The Kier molecular flexibility index (Phi) is 7.23. The van der Waals surface area contributed by atoms with Gasteiger partial charge in [0.2, 0.25) is 0 Å². The molecule has 2 rings (SSSR count). The molecule has 1 fully saturated rings. The van der Waals surface area contributed by atoms with Gasteiger partial charge in [-0.15, -0.1) is 0 Å². The number of hydrogen-bond donors (Lipinski definition) is 2. The van der Waals surface area contributed by atoms with Crippen LogP contribution in [0.1, 0.15) is 50.2 Å². The summed E-state index contributed by atoms with van der Waals surface area (Å²) in [5.41, 5.74) is 8.46. The van der Waals surface area contributed by atoms with Crippen molar-refractivity contribution in [2.24, 2.45) is 10.7 Å². The summed E-state index contributed by atoms with van der Waals surface area (Å²) in [4.78, 5) is 6.98. The van der Waals surface area contributed by atoms with Crippen molar-refractivity contribution in [2.45, 2.75) is 52.1 Å². The quantitative estimate of drug-likeness (QED) is 0.627. The van der Waals surface area contributed by atoms with E-state index < -0.39 is 0 Å². The van der Waals surface area contributed by atoms with Crippen LogP contribution < -0.4 is 11.1 Å². The van der Waals surface area contributed by atoms with Gasteiger partial charge in [0.15, 0.2) is 5.96 Å². The summed E-state index contributed by atoms with van der Waals surface area (Å²) in [5, 5.41) is 3.11. The molecule has 0 saturated carbocycles. The summed E-state index contributed by atoms with van der Waals surface area (Å²) >= 11 is 0. The van der Waals surface area contributed by atoms with Gasteiger partial charge in [0.1, 0.15) is 0 Å². The zero-order valence-electron chi connectivity index (χ0n) is 13.9. The Bertz CT molecular complexity index is 462. The molecular formula is C18H30N4. The first-order chi connectivity index (χ1) is 10.8. The lowest BCUT2D eigenvalue weighted by molar-refractivity contribution is 0.277. The summed E-state index contributed by atoms with van der Waals surface area (Å²) in [6.07, 6.45) is 6.50. The van der Waals surface area contributed by atoms with E-state index in [1.165, 1.54) is 49.9 Å². The van der Waals surface area contributed by atoms with E-state index in [0.717, 1.165) is 19.5 Å². The molecule has 22 heavy (non-hydrogen) atoms. The lowest BCUT2D eigenvalue weighted by Crippen LogP contribution is -2.32. The Morgan fingerprint density at radius 2 is 1.91 bits per heavy atom. The van der Waals surface area contributed by atoms with Gasteiger partial charge in [-0.1, -0.05) is 44.0 Å². The molecule has 3 N–H and O–H groups in total. The Balaban J connectivity index is 1.88. The number of benzene rings is 1. The topological polar surface area (TPSA) is 53.6 Å². The lowest BCUT2D eigenvalue weighted by Gasteiger charge is -2.20. The fourth-order valence-corrected chi connectivity index (χ4v) is 2.86. The van der Waals surface area contributed by atoms with Gasteiger partial charge in [-0.2, -0.15) is 0 Å². The number of aliphatic imine (C=N–C) groups is 1. The van der Waals surface area contributed by atoms with Crippen LogP contribution in [0.3, 0.4) is 0 Å². The van der Waals surface area contributed by atoms with Crippen molar-refractivity contribution in [3.8, 4) is 0 Å². The van der Waals surface area contributed by atoms with Gasteiger partial charge in [-0.3, -0.25) is 4.90 Å². The molecule has 0 unspecified atom stereocenters. The van der Waals surface area contributed by atoms with E-state index in [1.807, 2.05) is 0 Å². The molecule has 1 saturated heterocycles. The predicted octanol–water partition coefficient (Wildman–Crippen LogP) is 2.88. The van der Waals surface area contributed by atoms with Gasteiger partial charge in [0, 0.05) is 13.1 Å². The minimum absolute atomic E-state index is 0.541. The molecule has 0 aliphatic carbocycles. The van der Waals surface area contributed by atoms with Crippen LogP contribution in [0.4, 0.5) is 0 Å². The van der Waals surface area contributed by atoms with E-state index in [-0.39, 0.29) is 0 Å². The monoisotopic (exact) mass is 302 g/mol. The van der Waals surface area contributed by atoms with Gasteiger partial charge in [-0.25, -0.2) is 4.99 Å². The zero-order chi connectivity index (χ0) is 15.6. The molecule has 0 spiro atoms. The largest absolute Gasteiger partial charge is 0.370 e. The molecule has 0 radical (unpaired) electrons. The molecule has 0 bridgehead atoms. The van der Waals surface area contributed by atoms with Crippen LogP contribution >= 0.6 is 0 Å². The average molecular weight is 302 g/mol. The minimum atomic E-state index is 0.541. The van der Waals surface area contributed by atoms with Crippen LogP contribution in [-0.4, -0.2) is 30.5 Å². The van der Waals surface area contributed by atoms with Crippen LogP contribution in [0, 0.1) is 0 Å². The van der Waals surface area contributed by atoms with Crippen molar-refractivity contribution < 1.29 is 0 Å². The predicted molar refractivity (Wildman–Crippen MR) is 93.8 cm³/mol. The number of likely N-dealkylation sites (tertiary alicyclic amines) is 1. The molecule has 1 heterocycles. The normalized spacial score (nSPS) is 17.2. The molecule has 122 valence electrons. The second kappa shape index (κ2) is 9.46. The van der Waals surface area contributed by atoms with E-state index in [9.17, 15) is 0 Å². The van der Waals surface area contributed by atoms with Gasteiger partial charge in [0.25, 0.3) is 0 Å². The first-order valence-corrected chi connectivity index (χ1v) is 8.62. The van der Waals surface area contributed by atoms with Crippen molar-refractivity contribution in [1.82, 2.24) is 10.2 Å². The smallest absolute Gasteiger partial charge is 0.188 e. The number of rotatable bonds is 6. The minimum Gasteiger partial charge on any atom is -0.370 e. The van der Waals surface area contributed by atoms with Crippen LogP contribution in [0.25, 0.3) is 0 Å². The summed E-state index contributed by atoms with van der Waals surface area (Å²) in [6, 6.07) is 8.74. The molecule has 4 heteroatoms. The first kappa shape index (κ1) is 16.8. The third kappa shape index (κ3) is 6.06. The van der Waals surface area contributed by atoms with Gasteiger partial charge < -0.3 is 11.1 Å². The second-order valence-corrected chi connectivity index (χ2v) is 6.14. The van der Waals surface area contributed by atoms with Crippen molar-refractivity contribution >= 4 is 5.96 Å². The number of guanidine groups is 1. The van der Waals surface area contributed by atoms with Crippen LogP contribution in [0.2, 0.25) is 0 Å². The van der Waals surface area contributed by atoms with E-state index in [1.54, 1.807) is 0 Å². The maximum Gasteiger partial charge on any atom is 0.188 e. The van der Waals surface area contributed by atoms with E-state index in [4.69, 9.17) is 5.73 Å². The molecule has 0 atom stereocenters. The van der Waals surface area contributed by atoms with Crippen LogP contribution in [0.5, 0.6) is 0 Å². The van der Waals surface area contributed by atoms with E-state index >= 15 is 0 Å². The Hall–Kier alpha value is -1.55. The Morgan fingerprint density at radius 3 is 2.64 bits per heavy atom. The average Bonchev–Trinajstić information content (AvgIpc) is 2.80. The van der Waals surface area contributed by atoms with Crippen LogP contribution in [-0.2, 0) is 13.1 Å². The van der Waals surface area contributed by atoms with Crippen molar-refractivity contribution in [1.29, 1.82) is 0 Å². The molecule has 0 amide bonds. The molecule has 0 aromatic heterocycles. The molecule has 1 aliphatic heterocycles. The highest BCUT2D eigenvalue weighted by Gasteiger charge is 2.09. The fourth-order valence-electron chi connectivity index (χ4n) is 2.86. The second-order valence-electron chi connectivity index (χ2n) is 6.14. The van der Waals surface area contributed by atoms with E-state index in [0.29, 0.717) is 12.5 Å². The summed E-state index contributed by atoms with van der Waals surface area (Å²) in [5.74, 6) is 0.541. The zero-order valence-corrected chi connectivity index (χ0v) is 13.9. The maximum absolute atomic E-state index is 5.84. The highest BCUT2D eigenvalue weighted by Crippen LogP contribution is 2.14. The van der Waals surface area contributed by atoms with Crippen molar-refractivity contribution in [2.75, 3.05) is 19.6 Å². The molecular weight excluding hydrogens is 272 g/mol. The van der Waals surface area contributed by atoms with Gasteiger partial charge in [0.05, 0.1) is 6.54 Å². The third-order valence-corrected chi connectivity index (χ3v) is 4.08. The van der Waals surface area contributed by atoms with Gasteiger partial charge >= 0.3 is 0 Å². The fraction of sp³-hybridized carbons (Fsp3) is 0.611. The SMILES string of the molecule is CCCNC(N)=NCc1cccc(CN2CCCCCC2)c1. The standard InChI is InChI=1S/C18H30N4/c1-2-10-20-18(19)21-14-16-8-7-9-17(13-16)15-22-11-5-3-4-6-12-22/h7-9,13H,2-6,10-12,14-15H2,1H3,(H3,19,20,21). The summed E-state index contributed by atoms with van der Waals surface area (Å²) in [6.45, 7) is 7.17. The van der Waals surface area contributed by atoms with Crippen LogP contribution in [0.15, 0.2) is 29.3 Å². The highest BCUT2D eigenvalue weighted by atomic mass is 15.1. The van der Waals surface area contributed by atoms with Crippen molar-refractivity contribution in [3.05, 3.63) is 35.4 Å². The molecule has 1 aliphatic rings. The summed E-state index contributed by atoms with van der Waals surface area (Å²) in [7, 11) is 0. The van der Waals surface area contributed by atoms with E-state index in [2.05, 4.69) is 46.4 Å². The number of nitrogens with zero attached hydrogens (tertiary/aromatic N) is 2. The Morgan fingerprint density at radius 1 is 1.18 bits per heavy atom. The number of nitrogens with two attached hydrogens (primary N) is 1. The Labute approximate surface area is 134 Å². The summed E-state index contributed by atoms with van der Waals surface area (Å²) < 4.78 is 0. The lowest BCUT2D eigenvalue weighted by atomic mass is 10.1. The van der Waals surface area contributed by atoms with Gasteiger partial charge in [-0.05, 0) is 43.5 Å². The van der Waals surface area contributed by atoms with Crippen molar-refractivity contribution in [3.63, 3.8) is 0 Å². The first-order valence-electron chi connectivity index (χ1n) is 8.62. The molecule has 1 aromatic rings.